The van der Waals surface area contributed by atoms with Gasteiger partial charge >= 0.3 is 0 Å². The molecule has 8 heteroatoms. The summed E-state index contributed by atoms with van der Waals surface area (Å²) >= 11 is 0. The van der Waals surface area contributed by atoms with Crippen LogP contribution in [0, 0.1) is 0 Å². The Balaban J connectivity index is 0.00000306. The predicted octanol–water partition coefficient (Wildman–Crippen LogP) is 3.58. The van der Waals surface area contributed by atoms with Crippen LogP contribution in [0.2, 0.25) is 0 Å². The average Bonchev–Trinajstić information content (AvgIpc) is 3.62. The van der Waals surface area contributed by atoms with E-state index in [0.29, 0.717) is 29.2 Å². The molecule has 1 N–H and O–H groups in total. The molecule has 2 aliphatic rings. The van der Waals surface area contributed by atoms with Crippen LogP contribution in [0.15, 0.2) is 47.5 Å². The minimum absolute atomic E-state index is 0. The zero-order valence-electron chi connectivity index (χ0n) is 19.9. The Morgan fingerprint density at radius 2 is 1.61 bits per heavy atom. The molecular weight excluding hydrogens is 531 g/mol. The molecule has 1 heterocycles. The summed E-state index contributed by atoms with van der Waals surface area (Å²) in [4.78, 5) is 9.38. The van der Waals surface area contributed by atoms with Gasteiger partial charge in [0.2, 0.25) is 5.75 Å². The third-order valence-corrected chi connectivity index (χ3v) is 6.35. The normalized spacial score (nSPS) is 20.6. The molecule has 0 spiro atoms. The molecule has 180 valence electrons. The molecule has 2 fully saturated rings. The van der Waals surface area contributed by atoms with E-state index in [0.717, 1.165) is 44.2 Å². The van der Waals surface area contributed by atoms with Crippen molar-refractivity contribution in [3.05, 3.63) is 53.6 Å². The molecule has 1 saturated carbocycles. The minimum Gasteiger partial charge on any atom is -0.493 e. The van der Waals surface area contributed by atoms with Crippen molar-refractivity contribution in [2.45, 2.75) is 24.9 Å². The first-order chi connectivity index (χ1) is 15.7. The number of benzene rings is 2. The summed E-state index contributed by atoms with van der Waals surface area (Å²) in [6.07, 6.45) is 1.17. The fraction of sp³-hybridized carbons (Fsp3) is 0.480. The summed E-state index contributed by atoms with van der Waals surface area (Å²) in [5.74, 6) is 3.63. The van der Waals surface area contributed by atoms with Gasteiger partial charge in [-0.25, -0.2) is 0 Å². The van der Waals surface area contributed by atoms with Crippen molar-refractivity contribution in [2.24, 2.45) is 4.99 Å². The number of guanidine groups is 1. The number of halogens is 1. The van der Waals surface area contributed by atoms with Crippen molar-refractivity contribution in [3.63, 3.8) is 0 Å². The summed E-state index contributed by atoms with van der Waals surface area (Å²) in [7, 11) is 6.82. The van der Waals surface area contributed by atoms with Gasteiger partial charge in [0, 0.05) is 51.7 Å². The van der Waals surface area contributed by atoms with E-state index in [1.165, 1.54) is 12.0 Å². The number of nitrogens with one attached hydrogen (secondary N) is 1. The van der Waals surface area contributed by atoms with Gasteiger partial charge in [-0.15, -0.1) is 24.0 Å². The standard InChI is InChI=1S/C25H34N4O3.HI/c1-26-25(27-21-16-20(21)19-8-6-5-7-9-19)29-12-10-28(11-13-29)17-18-14-22(30-2)24(32-4)23(15-18)31-3;/h5-9,14-15,20-21H,10-13,16-17H2,1-4H3,(H,26,27);1H. The summed E-state index contributed by atoms with van der Waals surface area (Å²) in [6.45, 7) is 4.70. The van der Waals surface area contributed by atoms with E-state index in [1.54, 1.807) is 21.3 Å². The highest BCUT2D eigenvalue weighted by Gasteiger charge is 2.39. The van der Waals surface area contributed by atoms with Gasteiger partial charge in [-0.05, 0) is 29.7 Å². The zero-order valence-corrected chi connectivity index (χ0v) is 22.2. The van der Waals surface area contributed by atoms with Crippen LogP contribution in [0.4, 0.5) is 0 Å². The van der Waals surface area contributed by atoms with E-state index < -0.39 is 0 Å². The van der Waals surface area contributed by atoms with Crippen molar-refractivity contribution in [3.8, 4) is 17.2 Å². The van der Waals surface area contributed by atoms with Crippen LogP contribution < -0.4 is 19.5 Å². The molecule has 0 bridgehead atoms. The van der Waals surface area contributed by atoms with Crippen molar-refractivity contribution in [1.82, 2.24) is 15.1 Å². The van der Waals surface area contributed by atoms with Crippen LogP contribution in [0.25, 0.3) is 0 Å². The van der Waals surface area contributed by atoms with Gasteiger partial charge in [-0.3, -0.25) is 9.89 Å². The first-order valence-corrected chi connectivity index (χ1v) is 11.2. The second-order valence-corrected chi connectivity index (χ2v) is 8.35. The maximum absolute atomic E-state index is 5.50. The molecular formula is C25H35IN4O3. The van der Waals surface area contributed by atoms with Crippen LogP contribution in [-0.2, 0) is 6.54 Å². The Kier molecular flexibility index (Phi) is 9.08. The molecule has 1 aliphatic heterocycles. The third kappa shape index (κ3) is 6.03. The predicted molar refractivity (Wildman–Crippen MR) is 142 cm³/mol. The molecule has 4 rings (SSSR count). The summed E-state index contributed by atoms with van der Waals surface area (Å²) in [6, 6.07) is 15.3. The summed E-state index contributed by atoms with van der Waals surface area (Å²) in [5.41, 5.74) is 2.56. The van der Waals surface area contributed by atoms with E-state index in [9.17, 15) is 0 Å². The van der Waals surface area contributed by atoms with Crippen LogP contribution in [0.1, 0.15) is 23.5 Å². The smallest absolute Gasteiger partial charge is 0.203 e. The molecule has 7 nitrogen and oxygen atoms in total. The van der Waals surface area contributed by atoms with Gasteiger partial charge in [0.15, 0.2) is 17.5 Å². The van der Waals surface area contributed by atoms with Gasteiger partial charge in [0.1, 0.15) is 0 Å². The lowest BCUT2D eigenvalue weighted by Gasteiger charge is -2.36. The molecule has 2 aromatic carbocycles. The Labute approximate surface area is 214 Å². The number of rotatable bonds is 7. The van der Waals surface area contributed by atoms with Crippen LogP contribution in [-0.4, -0.2) is 76.4 Å². The number of piperazine rings is 1. The minimum atomic E-state index is 0. The lowest BCUT2D eigenvalue weighted by molar-refractivity contribution is 0.172. The lowest BCUT2D eigenvalue weighted by Crippen LogP contribution is -2.52. The molecule has 0 amide bonds. The molecule has 0 aromatic heterocycles. The van der Waals surface area contributed by atoms with Crippen LogP contribution in [0.5, 0.6) is 17.2 Å². The fourth-order valence-corrected chi connectivity index (χ4v) is 4.49. The van der Waals surface area contributed by atoms with Crippen molar-refractivity contribution >= 4 is 29.9 Å². The number of ether oxygens (including phenoxy) is 3. The first-order valence-electron chi connectivity index (χ1n) is 11.2. The van der Waals surface area contributed by atoms with Gasteiger partial charge in [-0.1, -0.05) is 30.3 Å². The Hall–Kier alpha value is -2.20. The topological polar surface area (TPSA) is 58.6 Å². The van der Waals surface area contributed by atoms with E-state index in [2.05, 4.69) is 50.4 Å². The molecule has 2 unspecified atom stereocenters. The summed E-state index contributed by atoms with van der Waals surface area (Å²) < 4.78 is 16.4. The number of hydrogen-bond donors (Lipinski definition) is 1. The molecule has 2 aromatic rings. The number of methoxy groups -OCH3 is 3. The maximum Gasteiger partial charge on any atom is 0.203 e. The molecule has 2 atom stereocenters. The fourth-order valence-electron chi connectivity index (χ4n) is 4.49. The Morgan fingerprint density at radius 1 is 0.970 bits per heavy atom. The number of hydrogen-bond acceptors (Lipinski definition) is 5. The average molecular weight is 566 g/mol. The molecule has 33 heavy (non-hydrogen) atoms. The second-order valence-electron chi connectivity index (χ2n) is 8.35. The van der Waals surface area contributed by atoms with Crippen molar-refractivity contribution < 1.29 is 14.2 Å². The van der Waals surface area contributed by atoms with Gasteiger partial charge in [0.25, 0.3) is 0 Å². The highest BCUT2D eigenvalue weighted by Crippen LogP contribution is 2.41. The van der Waals surface area contributed by atoms with E-state index in [4.69, 9.17) is 14.2 Å². The van der Waals surface area contributed by atoms with E-state index in [-0.39, 0.29) is 24.0 Å². The monoisotopic (exact) mass is 566 g/mol. The SMILES string of the molecule is CN=C(NC1CC1c1ccccc1)N1CCN(Cc2cc(OC)c(OC)c(OC)c2)CC1.I. The Morgan fingerprint density at radius 3 is 2.15 bits per heavy atom. The van der Waals surface area contributed by atoms with Crippen molar-refractivity contribution in [2.75, 3.05) is 54.6 Å². The summed E-state index contributed by atoms with van der Waals surface area (Å²) in [5, 5.41) is 3.68. The van der Waals surface area contributed by atoms with Crippen LogP contribution >= 0.6 is 24.0 Å². The van der Waals surface area contributed by atoms with Gasteiger partial charge < -0.3 is 24.4 Å². The zero-order chi connectivity index (χ0) is 22.5. The third-order valence-electron chi connectivity index (χ3n) is 6.35. The van der Waals surface area contributed by atoms with Gasteiger partial charge in [0.05, 0.1) is 21.3 Å². The largest absolute Gasteiger partial charge is 0.493 e. The highest BCUT2D eigenvalue weighted by atomic mass is 127. The second kappa shape index (κ2) is 11.8. The quantitative estimate of drug-likeness (QED) is 0.314. The van der Waals surface area contributed by atoms with E-state index in [1.807, 2.05) is 19.2 Å². The number of aliphatic imine (C=N–C) groups is 1. The Bertz CT molecular complexity index is 907. The molecule has 1 saturated heterocycles. The maximum atomic E-state index is 5.50. The van der Waals surface area contributed by atoms with Crippen LogP contribution in [0.3, 0.4) is 0 Å². The number of nitrogens with zero attached hydrogens (tertiary/aromatic N) is 3. The highest BCUT2D eigenvalue weighted by molar-refractivity contribution is 14.0. The lowest BCUT2D eigenvalue weighted by atomic mass is 10.1. The van der Waals surface area contributed by atoms with Gasteiger partial charge in [-0.2, -0.15) is 0 Å². The molecule has 0 radical (unpaired) electrons. The van der Waals surface area contributed by atoms with E-state index >= 15 is 0 Å². The first kappa shape index (κ1) is 25.4. The van der Waals surface area contributed by atoms with Crippen molar-refractivity contribution in [1.29, 1.82) is 0 Å². The molecule has 1 aliphatic carbocycles.